The van der Waals surface area contributed by atoms with E-state index in [1.807, 2.05) is 0 Å². The van der Waals surface area contributed by atoms with Gasteiger partial charge in [0.05, 0.1) is 18.9 Å². The first-order valence-electron chi connectivity index (χ1n) is 6.01. The molecule has 3 heterocycles. The molecular formula is C12H13ClN4O2. The number of morpholine rings is 1. The lowest BCUT2D eigenvalue weighted by Crippen LogP contribution is -2.36. The van der Waals surface area contributed by atoms with Gasteiger partial charge in [-0.05, 0) is 0 Å². The fraction of sp³-hybridized carbons (Fsp3) is 0.417. The quantitative estimate of drug-likeness (QED) is 0.612. The number of imidazole rings is 1. The van der Waals surface area contributed by atoms with Crippen molar-refractivity contribution in [2.75, 3.05) is 31.2 Å². The number of ether oxygens (including phenoxy) is 1. The number of aromatic nitrogens is 3. The Labute approximate surface area is 114 Å². The number of halogens is 1. The molecule has 19 heavy (non-hydrogen) atoms. The highest BCUT2D eigenvalue weighted by atomic mass is 35.5. The minimum atomic E-state index is 0.347. The number of carbonyl (C=O) groups excluding carboxylic acids is 1. The lowest BCUT2D eigenvalue weighted by atomic mass is 10.3. The molecule has 1 fully saturated rings. The predicted octanol–water partition coefficient (Wildman–Crippen LogP) is 1.27. The Morgan fingerprint density at radius 3 is 2.79 bits per heavy atom. The van der Waals surface area contributed by atoms with Crippen LogP contribution in [0.1, 0.15) is 10.6 Å². The number of aryl methyl sites for hydroxylation is 1. The standard InChI is InChI=1S/C12H13ClN4O2/c1-16-10(7-18)15-11-8(6-9(13)14-12(11)16)17-2-4-19-5-3-17/h6-7H,2-5H2,1H3. The molecule has 1 aliphatic heterocycles. The Morgan fingerprint density at radius 1 is 1.37 bits per heavy atom. The number of rotatable bonds is 2. The molecular weight excluding hydrogens is 268 g/mol. The van der Waals surface area contributed by atoms with Crippen molar-refractivity contribution in [1.29, 1.82) is 0 Å². The Morgan fingerprint density at radius 2 is 2.11 bits per heavy atom. The van der Waals surface area contributed by atoms with Crippen LogP contribution in [0.2, 0.25) is 5.15 Å². The molecule has 0 spiro atoms. The van der Waals surface area contributed by atoms with Crippen molar-refractivity contribution in [1.82, 2.24) is 14.5 Å². The average molecular weight is 281 g/mol. The molecule has 6 nitrogen and oxygen atoms in total. The number of pyridine rings is 1. The number of aldehydes is 1. The highest BCUT2D eigenvalue weighted by molar-refractivity contribution is 6.30. The third-order valence-electron chi connectivity index (χ3n) is 3.27. The number of anilines is 1. The number of fused-ring (bicyclic) bond motifs is 1. The highest BCUT2D eigenvalue weighted by Crippen LogP contribution is 2.28. The van der Waals surface area contributed by atoms with Gasteiger partial charge in [0.2, 0.25) is 0 Å². The summed E-state index contributed by atoms with van der Waals surface area (Å²) in [5.74, 6) is 0.347. The Balaban J connectivity index is 2.19. The maximum absolute atomic E-state index is 11.0. The van der Waals surface area contributed by atoms with Crippen LogP contribution in [0, 0.1) is 0 Å². The van der Waals surface area contributed by atoms with E-state index in [4.69, 9.17) is 16.3 Å². The van der Waals surface area contributed by atoms with Crippen LogP contribution in [0.5, 0.6) is 0 Å². The van der Waals surface area contributed by atoms with E-state index in [1.54, 1.807) is 17.7 Å². The SMILES string of the molecule is Cn1c(C=O)nc2c(N3CCOCC3)cc(Cl)nc21. The van der Waals surface area contributed by atoms with Gasteiger partial charge in [0.1, 0.15) is 10.7 Å². The second-order valence-electron chi connectivity index (χ2n) is 4.38. The van der Waals surface area contributed by atoms with Crippen molar-refractivity contribution < 1.29 is 9.53 Å². The molecule has 0 N–H and O–H groups in total. The number of hydrogen-bond donors (Lipinski definition) is 0. The van der Waals surface area contributed by atoms with E-state index in [-0.39, 0.29) is 0 Å². The van der Waals surface area contributed by atoms with E-state index in [2.05, 4.69) is 14.9 Å². The lowest BCUT2D eigenvalue weighted by molar-refractivity contribution is 0.111. The van der Waals surface area contributed by atoms with Crippen molar-refractivity contribution in [3.05, 3.63) is 17.0 Å². The summed E-state index contributed by atoms with van der Waals surface area (Å²) in [6.45, 7) is 2.91. The van der Waals surface area contributed by atoms with Gasteiger partial charge in [-0.15, -0.1) is 0 Å². The van der Waals surface area contributed by atoms with Crippen LogP contribution in [0.3, 0.4) is 0 Å². The van der Waals surface area contributed by atoms with E-state index < -0.39 is 0 Å². The molecule has 3 rings (SSSR count). The van der Waals surface area contributed by atoms with Gasteiger partial charge >= 0.3 is 0 Å². The molecule has 0 aromatic carbocycles. The third kappa shape index (κ3) is 2.06. The van der Waals surface area contributed by atoms with E-state index >= 15 is 0 Å². The molecule has 0 bridgehead atoms. The van der Waals surface area contributed by atoms with Crippen molar-refractivity contribution in [2.24, 2.45) is 7.05 Å². The molecule has 0 atom stereocenters. The van der Waals surface area contributed by atoms with Crippen molar-refractivity contribution in [3.8, 4) is 0 Å². The van der Waals surface area contributed by atoms with Crippen LogP contribution in [-0.2, 0) is 11.8 Å². The molecule has 0 amide bonds. The molecule has 2 aromatic heterocycles. The zero-order chi connectivity index (χ0) is 13.4. The lowest BCUT2D eigenvalue weighted by Gasteiger charge is -2.28. The minimum absolute atomic E-state index is 0.347. The molecule has 2 aromatic rings. The first-order chi connectivity index (χ1) is 9.20. The van der Waals surface area contributed by atoms with E-state index in [0.717, 1.165) is 25.1 Å². The summed E-state index contributed by atoms with van der Waals surface area (Å²) in [5, 5.41) is 0.398. The minimum Gasteiger partial charge on any atom is -0.378 e. The predicted molar refractivity (Wildman–Crippen MR) is 71.9 cm³/mol. The molecule has 100 valence electrons. The van der Waals surface area contributed by atoms with Crippen molar-refractivity contribution in [3.63, 3.8) is 0 Å². The average Bonchev–Trinajstić information content (AvgIpc) is 2.76. The van der Waals surface area contributed by atoms with Gasteiger partial charge < -0.3 is 14.2 Å². The van der Waals surface area contributed by atoms with Crippen LogP contribution < -0.4 is 4.90 Å². The summed E-state index contributed by atoms with van der Waals surface area (Å²) in [7, 11) is 1.76. The van der Waals surface area contributed by atoms with E-state index in [1.165, 1.54) is 0 Å². The first-order valence-corrected chi connectivity index (χ1v) is 6.39. The summed E-state index contributed by atoms with van der Waals surface area (Å²) in [6, 6.07) is 1.79. The van der Waals surface area contributed by atoms with Crippen molar-refractivity contribution >= 4 is 34.7 Å². The van der Waals surface area contributed by atoms with Crippen LogP contribution >= 0.6 is 11.6 Å². The summed E-state index contributed by atoms with van der Waals surface area (Å²) >= 11 is 6.07. The van der Waals surface area contributed by atoms with Gasteiger partial charge in [0.15, 0.2) is 17.8 Å². The third-order valence-corrected chi connectivity index (χ3v) is 3.46. The number of carbonyl (C=O) groups is 1. The van der Waals surface area contributed by atoms with Gasteiger partial charge in [0, 0.05) is 26.2 Å². The summed E-state index contributed by atoms with van der Waals surface area (Å²) in [5.41, 5.74) is 2.23. The molecule has 0 unspecified atom stereocenters. The van der Waals surface area contributed by atoms with Gasteiger partial charge in [-0.2, -0.15) is 0 Å². The maximum Gasteiger partial charge on any atom is 0.185 e. The Hall–Kier alpha value is -1.66. The summed E-state index contributed by atoms with van der Waals surface area (Å²) < 4.78 is 6.99. The second kappa shape index (κ2) is 4.79. The fourth-order valence-electron chi connectivity index (χ4n) is 2.27. The fourth-order valence-corrected chi connectivity index (χ4v) is 2.46. The Bertz CT molecular complexity index is 634. The molecule has 1 saturated heterocycles. The smallest absolute Gasteiger partial charge is 0.185 e. The molecule has 0 saturated carbocycles. The maximum atomic E-state index is 11.0. The summed E-state index contributed by atoms with van der Waals surface area (Å²) in [4.78, 5) is 21.7. The second-order valence-corrected chi connectivity index (χ2v) is 4.77. The molecule has 1 aliphatic rings. The van der Waals surface area contributed by atoms with Gasteiger partial charge in [-0.25, -0.2) is 9.97 Å². The summed E-state index contributed by atoms with van der Waals surface area (Å²) in [6.07, 6.45) is 0.721. The van der Waals surface area contributed by atoms with E-state index in [9.17, 15) is 4.79 Å². The largest absolute Gasteiger partial charge is 0.378 e. The number of hydrogen-bond acceptors (Lipinski definition) is 5. The van der Waals surface area contributed by atoms with Crippen molar-refractivity contribution in [2.45, 2.75) is 0 Å². The van der Waals surface area contributed by atoms with Gasteiger partial charge in [-0.1, -0.05) is 11.6 Å². The molecule has 0 radical (unpaired) electrons. The number of nitrogens with zero attached hydrogens (tertiary/aromatic N) is 4. The zero-order valence-corrected chi connectivity index (χ0v) is 11.2. The van der Waals surface area contributed by atoms with Crippen LogP contribution in [0.15, 0.2) is 6.07 Å². The van der Waals surface area contributed by atoms with E-state index in [0.29, 0.717) is 35.4 Å². The van der Waals surface area contributed by atoms with Crippen LogP contribution in [0.4, 0.5) is 5.69 Å². The zero-order valence-electron chi connectivity index (χ0n) is 10.5. The van der Waals surface area contributed by atoms with Crippen LogP contribution in [0.25, 0.3) is 11.2 Å². The normalized spacial score (nSPS) is 16.0. The van der Waals surface area contributed by atoms with Gasteiger partial charge in [-0.3, -0.25) is 4.79 Å². The molecule has 0 aliphatic carbocycles. The monoisotopic (exact) mass is 280 g/mol. The molecule has 7 heteroatoms. The first kappa shape index (κ1) is 12.4. The highest BCUT2D eigenvalue weighted by Gasteiger charge is 2.19. The topological polar surface area (TPSA) is 60.2 Å². The van der Waals surface area contributed by atoms with Gasteiger partial charge in [0.25, 0.3) is 0 Å². The van der Waals surface area contributed by atoms with Crippen LogP contribution in [-0.4, -0.2) is 47.1 Å². The Kier molecular flexibility index (Phi) is 3.12.